The second-order valence-electron chi connectivity index (χ2n) is 3.98. The van der Waals surface area contributed by atoms with E-state index in [2.05, 4.69) is 16.6 Å². The molecule has 18 heavy (non-hydrogen) atoms. The summed E-state index contributed by atoms with van der Waals surface area (Å²) in [6.45, 7) is 9.23. The van der Waals surface area contributed by atoms with E-state index in [1.54, 1.807) is 0 Å². The molecule has 0 N–H and O–H groups in total. The second kappa shape index (κ2) is 11.4. The van der Waals surface area contributed by atoms with E-state index in [1.807, 2.05) is 13.8 Å². The Bertz CT molecular complexity index is 205. The largest absolute Gasteiger partial charge is 0.468 e. The smallest absolute Gasteiger partial charge is 0.319 e. The zero-order valence-electron chi connectivity index (χ0n) is 12.1. The monoisotopic (exact) mass is 261 g/mol. The quantitative estimate of drug-likeness (QED) is 0.418. The average molecular weight is 261 g/mol. The van der Waals surface area contributed by atoms with E-state index in [1.165, 1.54) is 7.11 Å². The molecule has 0 bridgehead atoms. The SMILES string of the molecule is CCCN(CCC(OCC)OCC)CC(=O)OC. The van der Waals surface area contributed by atoms with E-state index in [4.69, 9.17) is 9.47 Å². The van der Waals surface area contributed by atoms with Gasteiger partial charge in [-0.05, 0) is 26.8 Å². The van der Waals surface area contributed by atoms with Crippen molar-refractivity contribution in [1.29, 1.82) is 0 Å². The molecule has 0 aromatic heterocycles. The third-order valence-corrected chi connectivity index (χ3v) is 2.51. The zero-order valence-corrected chi connectivity index (χ0v) is 12.1. The maximum Gasteiger partial charge on any atom is 0.319 e. The number of hydrogen-bond donors (Lipinski definition) is 0. The zero-order chi connectivity index (χ0) is 13.8. The molecule has 0 aliphatic heterocycles. The van der Waals surface area contributed by atoms with Gasteiger partial charge in [0.2, 0.25) is 0 Å². The average Bonchev–Trinajstić information content (AvgIpc) is 2.36. The molecule has 0 fully saturated rings. The summed E-state index contributed by atoms with van der Waals surface area (Å²) < 4.78 is 15.6. The van der Waals surface area contributed by atoms with Gasteiger partial charge in [0.1, 0.15) is 0 Å². The van der Waals surface area contributed by atoms with Gasteiger partial charge in [-0.25, -0.2) is 0 Å². The number of rotatable bonds is 11. The summed E-state index contributed by atoms with van der Waals surface area (Å²) in [4.78, 5) is 13.3. The minimum Gasteiger partial charge on any atom is -0.468 e. The summed E-state index contributed by atoms with van der Waals surface area (Å²) in [6.07, 6.45) is 1.58. The standard InChI is InChI=1S/C13H27NO4/c1-5-9-14(11-12(15)16-4)10-8-13(17-6-2)18-7-3/h13H,5-11H2,1-4H3. The Kier molecular flexibility index (Phi) is 11.0. The van der Waals surface area contributed by atoms with E-state index in [-0.39, 0.29) is 12.3 Å². The van der Waals surface area contributed by atoms with Crippen LogP contribution < -0.4 is 0 Å². The summed E-state index contributed by atoms with van der Waals surface area (Å²) in [6, 6.07) is 0. The first-order valence-corrected chi connectivity index (χ1v) is 6.70. The van der Waals surface area contributed by atoms with Crippen LogP contribution in [0.15, 0.2) is 0 Å². The number of methoxy groups -OCH3 is 1. The van der Waals surface area contributed by atoms with Gasteiger partial charge in [0.25, 0.3) is 0 Å². The molecule has 0 aromatic rings. The minimum atomic E-state index is -0.201. The molecule has 0 aliphatic rings. The fourth-order valence-corrected chi connectivity index (χ4v) is 1.71. The highest BCUT2D eigenvalue weighted by Crippen LogP contribution is 2.04. The van der Waals surface area contributed by atoms with E-state index in [0.29, 0.717) is 19.8 Å². The lowest BCUT2D eigenvalue weighted by Gasteiger charge is -2.23. The maximum absolute atomic E-state index is 11.3. The summed E-state index contributed by atoms with van der Waals surface area (Å²) >= 11 is 0. The van der Waals surface area contributed by atoms with Gasteiger partial charge in [0.05, 0.1) is 13.7 Å². The van der Waals surface area contributed by atoms with Gasteiger partial charge >= 0.3 is 5.97 Å². The Balaban J connectivity index is 4.08. The van der Waals surface area contributed by atoms with Crippen LogP contribution in [0.1, 0.15) is 33.6 Å². The number of esters is 1. The molecule has 0 unspecified atom stereocenters. The molecular weight excluding hydrogens is 234 g/mol. The molecule has 0 saturated heterocycles. The van der Waals surface area contributed by atoms with Crippen molar-refractivity contribution in [3.05, 3.63) is 0 Å². The summed E-state index contributed by atoms with van der Waals surface area (Å²) in [5.74, 6) is -0.201. The molecule has 5 nitrogen and oxygen atoms in total. The molecule has 5 heteroatoms. The van der Waals surface area contributed by atoms with Crippen LogP contribution in [0.4, 0.5) is 0 Å². The molecule has 0 rings (SSSR count). The second-order valence-corrected chi connectivity index (χ2v) is 3.98. The van der Waals surface area contributed by atoms with Crippen molar-refractivity contribution in [2.45, 2.75) is 39.9 Å². The third kappa shape index (κ3) is 8.44. The fraction of sp³-hybridized carbons (Fsp3) is 0.923. The highest BCUT2D eigenvalue weighted by Gasteiger charge is 2.14. The van der Waals surface area contributed by atoms with E-state index < -0.39 is 0 Å². The molecule has 0 heterocycles. The van der Waals surface area contributed by atoms with Gasteiger partial charge < -0.3 is 14.2 Å². The number of nitrogens with zero attached hydrogens (tertiary/aromatic N) is 1. The molecule has 0 spiro atoms. The molecule has 0 aromatic carbocycles. The molecular formula is C13H27NO4. The number of hydrogen-bond acceptors (Lipinski definition) is 5. The predicted octanol–water partition coefficient (Wildman–Crippen LogP) is 1.66. The van der Waals surface area contributed by atoms with Gasteiger partial charge in [-0.1, -0.05) is 6.92 Å². The van der Waals surface area contributed by atoms with Gasteiger partial charge in [-0.15, -0.1) is 0 Å². The minimum absolute atomic E-state index is 0.183. The Morgan fingerprint density at radius 1 is 1.11 bits per heavy atom. The molecule has 0 saturated carbocycles. The lowest BCUT2D eigenvalue weighted by atomic mass is 10.3. The maximum atomic E-state index is 11.3. The first-order chi connectivity index (χ1) is 8.67. The lowest BCUT2D eigenvalue weighted by molar-refractivity contribution is -0.147. The van der Waals surface area contributed by atoms with Crippen molar-refractivity contribution in [3.8, 4) is 0 Å². The van der Waals surface area contributed by atoms with Crippen LogP contribution in [-0.2, 0) is 19.0 Å². The first kappa shape index (κ1) is 17.4. The van der Waals surface area contributed by atoms with Crippen LogP contribution in [0.3, 0.4) is 0 Å². The van der Waals surface area contributed by atoms with Crippen LogP contribution in [0.25, 0.3) is 0 Å². The van der Waals surface area contributed by atoms with Crippen molar-refractivity contribution in [2.75, 3.05) is 40.0 Å². The Morgan fingerprint density at radius 3 is 2.17 bits per heavy atom. The van der Waals surface area contributed by atoms with E-state index >= 15 is 0 Å². The Hall–Kier alpha value is -0.650. The van der Waals surface area contributed by atoms with Gasteiger partial charge in [-0.3, -0.25) is 9.69 Å². The Morgan fingerprint density at radius 2 is 1.72 bits per heavy atom. The number of carbonyl (C=O) groups is 1. The number of carbonyl (C=O) groups excluding carboxylic acids is 1. The third-order valence-electron chi connectivity index (χ3n) is 2.51. The van der Waals surface area contributed by atoms with Crippen LogP contribution >= 0.6 is 0 Å². The van der Waals surface area contributed by atoms with Gasteiger partial charge in [-0.2, -0.15) is 0 Å². The Labute approximate surface area is 110 Å². The van der Waals surface area contributed by atoms with Crippen LogP contribution in [0.2, 0.25) is 0 Å². The van der Waals surface area contributed by atoms with Crippen molar-refractivity contribution >= 4 is 5.97 Å². The number of ether oxygens (including phenoxy) is 3. The summed E-state index contributed by atoms with van der Waals surface area (Å²) in [5, 5.41) is 0. The van der Waals surface area contributed by atoms with Crippen LogP contribution in [-0.4, -0.2) is 57.1 Å². The van der Waals surface area contributed by atoms with Crippen LogP contribution in [0.5, 0.6) is 0 Å². The van der Waals surface area contributed by atoms with E-state index in [9.17, 15) is 4.79 Å². The molecule has 0 amide bonds. The molecule has 0 atom stereocenters. The van der Waals surface area contributed by atoms with Gasteiger partial charge in [0, 0.05) is 26.2 Å². The predicted molar refractivity (Wildman–Crippen MR) is 70.4 cm³/mol. The van der Waals surface area contributed by atoms with Crippen molar-refractivity contribution in [2.24, 2.45) is 0 Å². The first-order valence-electron chi connectivity index (χ1n) is 6.70. The molecule has 0 aliphatic carbocycles. The topological polar surface area (TPSA) is 48.0 Å². The van der Waals surface area contributed by atoms with Gasteiger partial charge in [0.15, 0.2) is 6.29 Å². The fourth-order valence-electron chi connectivity index (χ4n) is 1.71. The molecule has 0 radical (unpaired) electrons. The highest BCUT2D eigenvalue weighted by molar-refractivity contribution is 5.71. The lowest BCUT2D eigenvalue weighted by Crippen LogP contribution is -2.34. The van der Waals surface area contributed by atoms with Crippen LogP contribution in [0, 0.1) is 0 Å². The summed E-state index contributed by atoms with van der Waals surface area (Å²) in [7, 11) is 1.41. The van der Waals surface area contributed by atoms with Crippen molar-refractivity contribution < 1.29 is 19.0 Å². The summed E-state index contributed by atoms with van der Waals surface area (Å²) in [5.41, 5.74) is 0. The van der Waals surface area contributed by atoms with Crippen molar-refractivity contribution in [3.63, 3.8) is 0 Å². The normalized spacial score (nSPS) is 11.2. The van der Waals surface area contributed by atoms with E-state index in [0.717, 1.165) is 25.9 Å². The highest BCUT2D eigenvalue weighted by atomic mass is 16.7. The molecule has 108 valence electrons. The van der Waals surface area contributed by atoms with Crippen molar-refractivity contribution in [1.82, 2.24) is 4.90 Å².